The minimum Gasteiger partial charge on any atom is -0.465 e. The zero-order chi connectivity index (χ0) is 23.6. The predicted octanol–water partition coefficient (Wildman–Crippen LogP) is 4.60. The standard InChI is InChI=1S/C27H38N2O4/c1-4-9-25(27(31)32-5-2)29(18-23-13-14-23)20-26(30)28(19-24-15-12-21(3)33-24)17-16-22-10-7-6-8-11-22/h6-8,10-12,15,23,25H,4-5,9,13-14,16-20H2,1-3H3. The number of carbonyl (C=O) groups excluding carboxylic acids is 2. The second-order valence-corrected chi connectivity index (χ2v) is 8.99. The van der Waals surface area contributed by atoms with Crippen molar-refractivity contribution >= 4 is 11.9 Å². The van der Waals surface area contributed by atoms with Crippen LogP contribution in [0.25, 0.3) is 0 Å². The van der Waals surface area contributed by atoms with Gasteiger partial charge in [0.2, 0.25) is 5.91 Å². The molecule has 0 aliphatic heterocycles. The molecule has 3 rings (SSSR count). The number of benzene rings is 1. The van der Waals surface area contributed by atoms with Crippen molar-refractivity contribution < 1.29 is 18.7 Å². The molecule has 33 heavy (non-hydrogen) atoms. The molecule has 1 amide bonds. The zero-order valence-corrected chi connectivity index (χ0v) is 20.3. The van der Waals surface area contributed by atoms with Crippen molar-refractivity contribution in [1.29, 1.82) is 0 Å². The van der Waals surface area contributed by atoms with E-state index in [9.17, 15) is 9.59 Å². The molecule has 6 nitrogen and oxygen atoms in total. The number of hydrogen-bond donors (Lipinski definition) is 0. The Labute approximate surface area is 197 Å². The minimum absolute atomic E-state index is 0.0195. The second-order valence-electron chi connectivity index (χ2n) is 8.99. The van der Waals surface area contributed by atoms with Crippen molar-refractivity contribution in [3.63, 3.8) is 0 Å². The Morgan fingerprint density at radius 1 is 1.12 bits per heavy atom. The summed E-state index contributed by atoms with van der Waals surface area (Å²) in [6.45, 7) is 8.15. The largest absolute Gasteiger partial charge is 0.465 e. The Balaban J connectivity index is 1.74. The smallest absolute Gasteiger partial charge is 0.323 e. The maximum atomic E-state index is 13.6. The summed E-state index contributed by atoms with van der Waals surface area (Å²) in [5, 5.41) is 0. The van der Waals surface area contributed by atoms with Crippen LogP contribution >= 0.6 is 0 Å². The van der Waals surface area contributed by atoms with Crippen LogP contribution in [0.1, 0.15) is 56.6 Å². The number of rotatable bonds is 14. The van der Waals surface area contributed by atoms with Crippen LogP contribution in [0, 0.1) is 12.8 Å². The van der Waals surface area contributed by atoms with Gasteiger partial charge in [0.25, 0.3) is 0 Å². The number of ether oxygens (including phenoxy) is 1. The number of esters is 1. The van der Waals surface area contributed by atoms with Gasteiger partial charge in [-0.3, -0.25) is 14.5 Å². The van der Waals surface area contributed by atoms with Gasteiger partial charge < -0.3 is 14.1 Å². The van der Waals surface area contributed by atoms with Crippen molar-refractivity contribution in [2.45, 2.75) is 65.5 Å². The van der Waals surface area contributed by atoms with E-state index in [0.29, 0.717) is 32.0 Å². The molecule has 1 fully saturated rings. The van der Waals surface area contributed by atoms with Crippen LogP contribution in [-0.2, 0) is 27.3 Å². The molecule has 1 aromatic heterocycles. The number of amides is 1. The van der Waals surface area contributed by atoms with Crippen molar-refractivity contribution in [3.05, 3.63) is 59.5 Å². The van der Waals surface area contributed by atoms with E-state index in [1.165, 1.54) is 5.56 Å². The molecule has 1 aromatic carbocycles. The van der Waals surface area contributed by atoms with Gasteiger partial charge in [0, 0.05) is 13.1 Å². The molecule has 0 saturated heterocycles. The Hall–Kier alpha value is -2.60. The van der Waals surface area contributed by atoms with Gasteiger partial charge in [-0.1, -0.05) is 43.7 Å². The predicted molar refractivity (Wildman–Crippen MR) is 129 cm³/mol. The molecular formula is C27H38N2O4. The molecule has 2 aromatic rings. The summed E-state index contributed by atoms with van der Waals surface area (Å²) in [7, 11) is 0. The highest BCUT2D eigenvalue weighted by atomic mass is 16.5. The molecule has 0 bridgehead atoms. The van der Waals surface area contributed by atoms with Crippen molar-refractivity contribution in [1.82, 2.24) is 9.80 Å². The van der Waals surface area contributed by atoms with Crippen LogP contribution in [0.15, 0.2) is 46.9 Å². The molecule has 0 spiro atoms. The highest BCUT2D eigenvalue weighted by molar-refractivity contribution is 5.80. The van der Waals surface area contributed by atoms with Gasteiger partial charge in [0.05, 0.1) is 19.7 Å². The molecule has 0 radical (unpaired) electrons. The monoisotopic (exact) mass is 454 g/mol. The van der Waals surface area contributed by atoms with Gasteiger partial charge in [0.1, 0.15) is 17.6 Å². The zero-order valence-electron chi connectivity index (χ0n) is 20.3. The van der Waals surface area contributed by atoms with Gasteiger partial charge in [-0.25, -0.2) is 0 Å². The third-order valence-corrected chi connectivity index (χ3v) is 6.10. The van der Waals surface area contributed by atoms with Crippen LogP contribution in [0.4, 0.5) is 0 Å². The van der Waals surface area contributed by atoms with Gasteiger partial charge in [0.15, 0.2) is 0 Å². The van der Waals surface area contributed by atoms with Gasteiger partial charge >= 0.3 is 5.97 Å². The summed E-state index contributed by atoms with van der Waals surface area (Å²) in [4.78, 5) is 30.2. The van der Waals surface area contributed by atoms with Gasteiger partial charge in [-0.2, -0.15) is 0 Å². The summed E-state index contributed by atoms with van der Waals surface area (Å²) in [6.07, 6.45) is 4.65. The molecule has 1 aliphatic rings. The first-order chi connectivity index (χ1) is 16.0. The van der Waals surface area contributed by atoms with Crippen LogP contribution in [0.2, 0.25) is 0 Å². The van der Waals surface area contributed by atoms with E-state index >= 15 is 0 Å². The van der Waals surface area contributed by atoms with Gasteiger partial charge in [-0.15, -0.1) is 0 Å². The van der Waals surface area contributed by atoms with E-state index in [2.05, 4.69) is 24.0 Å². The third-order valence-electron chi connectivity index (χ3n) is 6.10. The Bertz CT molecular complexity index is 875. The summed E-state index contributed by atoms with van der Waals surface area (Å²) >= 11 is 0. The molecule has 1 heterocycles. The fourth-order valence-corrected chi connectivity index (χ4v) is 4.13. The lowest BCUT2D eigenvalue weighted by Crippen LogP contribution is -2.49. The molecule has 1 saturated carbocycles. The van der Waals surface area contributed by atoms with E-state index in [-0.39, 0.29) is 24.5 Å². The van der Waals surface area contributed by atoms with E-state index in [1.54, 1.807) is 0 Å². The Kier molecular flexibility index (Phi) is 9.55. The molecular weight excluding hydrogens is 416 g/mol. The molecule has 1 aliphatic carbocycles. The average molecular weight is 455 g/mol. The SMILES string of the molecule is CCCC(C(=O)OCC)N(CC(=O)N(CCc1ccccc1)Cc1ccc(C)o1)CC1CC1. The van der Waals surface area contributed by atoms with Crippen LogP contribution in [-0.4, -0.2) is 54.0 Å². The Morgan fingerprint density at radius 3 is 2.48 bits per heavy atom. The van der Waals surface area contributed by atoms with E-state index < -0.39 is 0 Å². The van der Waals surface area contributed by atoms with E-state index in [4.69, 9.17) is 9.15 Å². The molecule has 180 valence electrons. The number of hydrogen-bond acceptors (Lipinski definition) is 5. The Morgan fingerprint density at radius 2 is 1.88 bits per heavy atom. The van der Waals surface area contributed by atoms with Crippen LogP contribution in [0.3, 0.4) is 0 Å². The van der Waals surface area contributed by atoms with E-state index in [0.717, 1.165) is 43.7 Å². The summed E-state index contributed by atoms with van der Waals surface area (Å²) in [6, 6.07) is 13.7. The first-order valence-electron chi connectivity index (χ1n) is 12.3. The lowest BCUT2D eigenvalue weighted by molar-refractivity contribution is -0.151. The van der Waals surface area contributed by atoms with Gasteiger partial charge in [-0.05, 0) is 63.1 Å². The quantitative estimate of drug-likeness (QED) is 0.390. The molecule has 6 heteroatoms. The first kappa shape index (κ1) is 25.0. The first-order valence-corrected chi connectivity index (χ1v) is 12.3. The molecule has 0 N–H and O–H groups in total. The fraction of sp³-hybridized carbons (Fsp3) is 0.556. The average Bonchev–Trinajstić information content (AvgIpc) is 3.53. The number of furan rings is 1. The highest BCUT2D eigenvalue weighted by Gasteiger charge is 2.34. The van der Waals surface area contributed by atoms with Crippen LogP contribution in [0.5, 0.6) is 0 Å². The third kappa shape index (κ3) is 8.04. The lowest BCUT2D eigenvalue weighted by atomic mass is 10.1. The number of carbonyl (C=O) groups is 2. The summed E-state index contributed by atoms with van der Waals surface area (Å²) in [5.74, 6) is 1.98. The normalized spacial score (nSPS) is 14.3. The maximum absolute atomic E-state index is 13.6. The second kappa shape index (κ2) is 12.6. The van der Waals surface area contributed by atoms with E-state index in [1.807, 2.05) is 49.1 Å². The number of aryl methyl sites for hydroxylation is 1. The molecule has 1 atom stereocenters. The maximum Gasteiger partial charge on any atom is 0.323 e. The van der Waals surface area contributed by atoms with Crippen molar-refractivity contribution in [2.75, 3.05) is 26.2 Å². The fourth-order valence-electron chi connectivity index (χ4n) is 4.13. The molecule has 1 unspecified atom stereocenters. The van der Waals surface area contributed by atoms with Crippen LogP contribution < -0.4 is 0 Å². The summed E-state index contributed by atoms with van der Waals surface area (Å²) in [5.41, 5.74) is 1.19. The highest BCUT2D eigenvalue weighted by Crippen LogP contribution is 2.31. The number of nitrogens with zero attached hydrogens (tertiary/aromatic N) is 2. The van der Waals surface area contributed by atoms with Crippen molar-refractivity contribution in [3.8, 4) is 0 Å². The lowest BCUT2D eigenvalue weighted by Gasteiger charge is -2.32. The van der Waals surface area contributed by atoms with Crippen molar-refractivity contribution in [2.24, 2.45) is 5.92 Å². The summed E-state index contributed by atoms with van der Waals surface area (Å²) < 4.78 is 11.1. The topological polar surface area (TPSA) is 63.0 Å². The minimum atomic E-state index is -0.374.